The maximum absolute atomic E-state index is 11.8. The number of nitrogens with zero attached hydrogens (tertiary/aromatic N) is 1. The molecule has 110 valence electrons. The van der Waals surface area contributed by atoms with E-state index in [1.165, 1.54) is 6.92 Å². The average Bonchev–Trinajstić information content (AvgIpc) is 2.85. The van der Waals surface area contributed by atoms with Gasteiger partial charge in [0.15, 0.2) is 6.10 Å². The fourth-order valence-corrected chi connectivity index (χ4v) is 1.70. The maximum atomic E-state index is 11.8. The molecule has 0 aliphatic carbocycles. The summed E-state index contributed by atoms with van der Waals surface area (Å²) in [5.74, 6) is -0.700. The number of carbonyl (C=O) groups excluding carboxylic acids is 2. The normalized spacial score (nSPS) is 11.7. The summed E-state index contributed by atoms with van der Waals surface area (Å²) in [4.78, 5) is 23.6. The number of esters is 1. The lowest BCUT2D eigenvalue weighted by Gasteiger charge is -2.12. The highest BCUT2D eigenvalue weighted by Gasteiger charge is 2.19. The second kappa shape index (κ2) is 6.69. The number of nitrogens with one attached hydrogen (secondary N) is 1. The zero-order valence-corrected chi connectivity index (χ0v) is 11.8. The number of hydrogen-bond acceptors (Lipinski definition) is 5. The van der Waals surface area contributed by atoms with Crippen LogP contribution in [0.25, 0.3) is 0 Å². The Morgan fingerprint density at radius 1 is 1.33 bits per heavy atom. The third-order valence-corrected chi connectivity index (χ3v) is 2.74. The third-order valence-electron chi connectivity index (χ3n) is 2.74. The molecule has 1 heterocycles. The smallest absolute Gasteiger partial charge is 0.311 e. The molecule has 1 unspecified atom stereocenters. The van der Waals surface area contributed by atoms with Gasteiger partial charge in [-0.15, -0.1) is 0 Å². The van der Waals surface area contributed by atoms with E-state index in [0.29, 0.717) is 5.69 Å². The van der Waals surface area contributed by atoms with Gasteiger partial charge in [0.1, 0.15) is 0 Å². The van der Waals surface area contributed by atoms with Crippen molar-refractivity contribution in [1.29, 1.82) is 0 Å². The molecule has 2 aromatic rings. The van der Waals surface area contributed by atoms with Gasteiger partial charge in [-0.3, -0.25) is 14.9 Å². The van der Waals surface area contributed by atoms with Crippen LogP contribution < -0.4 is 5.32 Å². The number of hydrogen-bond donors (Lipinski definition) is 1. The Morgan fingerprint density at radius 3 is 2.67 bits per heavy atom. The largest absolute Gasteiger partial charge is 0.452 e. The third kappa shape index (κ3) is 4.45. The maximum Gasteiger partial charge on any atom is 0.311 e. The Kier molecular flexibility index (Phi) is 4.71. The zero-order valence-electron chi connectivity index (χ0n) is 11.8. The standard InChI is InChI=1S/C15H16N2O4/c1-10-8-13(21-17-10)16-15(19)11(2)20-14(18)9-12-6-4-3-5-7-12/h3-8,11H,9H2,1-2H3,(H,16,19). The van der Waals surface area contributed by atoms with Gasteiger partial charge in [-0.25, -0.2) is 0 Å². The van der Waals surface area contributed by atoms with E-state index in [-0.39, 0.29) is 12.3 Å². The molecule has 21 heavy (non-hydrogen) atoms. The molecular weight excluding hydrogens is 272 g/mol. The summed E-state index contributed by atoms with van der Waals surface area (Å²) >= 11 is 0. The first-order valence-electron chi connectivity index (χ1n) is 6.52. The van der Waals surface area contributed by atoms with E-state index < -0.39 is 18.0 Å². The molecule has 1 aromatic carbocycles. The number of amides is 1. The monoisotopic (exact) mass is 288 g/mol. The number of carbonyl (C=O) groups is 2. The summed E-state index contributed by atoms with van der Waals surface area (Å²) in [6.07, 6.45) is -0.786. The number of benzene rings is 1. The molecular formula is C15H16N2O4. The van der Waals surface area contributed by atoms with Gasteiger partial charge in [0.2, 0.25) is 5.88 Å². The molecule has 1 aromatic heterocycles. The zero-order chi connectivity index (χ0) is 15.2. The number of rotatable bonds is 5. The summed E-state index contributed by atoms with van der Waals surface area (Å²) < 4.78 is 9.95. The van der Waals surface area contributed by atoms with E-state index in [4.69, 9.17) is 9.26 Å². The molecule has 0 aliphatic heterocycles. The van der Waals surface area contributed by atoms with Crippen molar-refractivity contribution in [3.63, 3.8) is 0 Å². The molecule has 0 fully saturated rings. The van der Waals surface area contributed by atoms with Crippen molar-refractivity contribution in [2.45, 2.75) is 26.4 Å². The Morgan fingerprint density at radius 2 is 2.05 bits per heavy atom. The van der Waals surface area contributed by atoms with E-state index in [1.807, 2.05) is 30.3 Å². The average molecular weight is 288 g/mol. The molecule has 1 atom stereocenters. The predicted molar refractivity (Wildman–Crippen MR) is 75.6 cm³/mol. The molecule has 1 N–H and O–H groups in total. The van der Waals surface area contributed by atoms with E-state index in [0.717, 1.165) is 5.56 Å². The van der Waals surface area contributed by atoms with Crippen molar-refractivity contribution in [2.24, 2.45) is 0 Å². The topological polar surface area (TPSA) is 81.4 Å². The van der Waals surface area contributed by atoms with Crippen LogP contribution in [0, 0.1) is 6.92 Å². The SMILES string of the molecule is Cc1cc(NC(=O)C(C)OC(=O)Cc2ccccc2)on1. The van der Waals surface area contributed by atoms with Gasteiger partial charge in [-0.1, -0.05) is 35.5 Å². The van der Waals surface area contributed by atoms with Gasteiger partial charge >= 0.3 is 5.97 Å². The molecule has 0 saturated carbocycles. The van der Waals surface area contributed by atoms with Crippen molar-refractivity contribution < 1.29 is 18.8 Å². The minimum absolute atomic E-state index is 0.125. The van der Waals surface area contributed by atoms with Gasteiger partial charge in [0.25, 0.3) is 5.91 Å². The predicted octanol–water partition coefficient (Wildman–Crippen LogP) is 2.10. The lowest BCUT2D eigenvalue weighted by Crippen LogP contribution is -2.30. The Balaban J connectivity index is 1.84. The molecule has 0 aliphatic rings. The lowest BCUT2D eigenvalue weighted by molar-refractivity contribution is -0.152. The van der Waals surface area contributed by atoms with E-state index in [2.05, 4.69) is 10.5 Å². The second-order valence-corrected chi connectivity index (χ2v) is 4.62. The van der Waals surface area contributed by atoms with Crippen LogP contribution in [0.5, 0.6) is 0 Å². The first kappa shape index (κ1) is 14.8. The fourth-order valence-electron chi connectivity index (χ4n) is 1.70. The summed E-state index contributed by atoms with van der Waals surface area (Å²) in [6.45, 7) is 3.24. The first-order valence-corrected chi connectivity index (χ1v) is 6.52. The highest BCUT2D eigenvalue weighted by molar-refractivity contribution is 5.94. The van der Waals surface area contributed by atoms with Gasteiger partial charge in [0, 0.05) is 6.07 Å². The molecule has 0 saturated heterocycles. The van der Waals surface area contributed by atoms with Crippen LogP contribution in [0.3, 0.4) is 0 Å². The van der Waals surface area contributed by atoms with Crippen molar-refractivity contribution in [2.75, 3.05) is 5.32 Å². The van der Waals surface area contributed by atoms with Gasteiger partial charge in [-0.05, 0) is 19.4 Å². The van der Waals surface area contributed by atoms with Gasteiger partial charge in [0.05, 0.1) is 12.1 Å². The minimum Gasteiger partial charge on any atom is -0.452 e. The number of aryl methyl sites for hydroxylation is 1. The molecule has 1 amide bonds. The second-order valence-electron chi connectivity index (χ2n) is 4.62. The molecule has 6 heteroatoms. The van der Waals surface area contributed by atoms with Gasteiger partial charge < -0.3 is 9.26 Å². The van der Waals surface area contributed by atoms with Crippen molar-refractivity contribution in [3.8, 4) is 0 Å². The number of ether oxygens (including phenoxy) is 1. The highest BCUT2D eigenvalue weighted by Crippen LogP contribution is 2.10. The molecule has 2 rings (SSSR count). The van der Waals surface area contributed by atoms with Gasteiger partial charge in [-0.2, -0.15) is 0 Å². The Bertz CT molecular complexity index is 622. The minimum atomic E-state index is -0.911. The van der Waals surface area contributed by atoms with Crippen LogP contribution in [0.1, 0.15) is 18.2 Å². The van der Waals surface area contributed by atoms with Crippen LogP contribution in [-0.4, -0.2) is 23.1 Å². The van der Waals surface area contributed by atoms with E-state index in [9.17, 15) is 9.59 Å². The fraction of sp³-hybridized carbons (Fsp3) is 0.267. The quantitative estimate of drug-likeness (QED) is 0.852. The van der Waals surface area contributed by atoms with Crippen LogP contribution in [0.4, 0.5) is 5.88 Å². The summed E-state index contributed by atoms with van der Waals surface area (Å²) in [7, 11) is 0. The van der Waals surface area contributed by atoms with Crippen molar-refractivity contribution >= 4 is 17.8 Å². The highest BCUT2D eigenvalue weighted by atomic mass is 16.5. The molecule has 0 bridgehead atoms. The van der Waals surface area contributed by atoms with E-state index in [1.54, 1.807) is 13.0 Å². The van der Waals surface area contributed by atoms with Crippen LogP contribution in [0.2, 0.25) is 0 Å². The van der Waals surface area contributed by atoms with Crippen LogP contribution in [-0.2, 0) is 20.7 Å². The number of anilines is 1. The summed E-state index contributed by atoms with van der Waals surface area (Å²) in [5, 5.41) is 6.13. The molecule has 0 radical (unpaired) electrons. The summed E-state index contributed by atoms with van der Waals surface area (Å²) in [6, 6.07) is 10.8. The van der Waals surface area contributed by atoms with Crippen LogP contribution >= 0.6 is 0 Å². The Hall–Kier alpha value is -2.63. The van der Waals surface area contributed by atoms with E-state index >= 15 is 0 Å². The van der Waals surface area contributed by atoms with Crippen LogP contribution in [0.15, 0.2) is 40.9 Å². The number of aromatic nitrogens is 1. The lowest BCUT2D eigenvalue weighted by atomic mass is 10.1. The molecule has 6 nitrogen and oxygen atoms in total. The Labute approximate surface area is 122 Å². The van der Waals surface area contributed by atoms with Crippen molar-refractivity contribution in [3.05, 3.63) is 47.7 Å². The summed E-state index contributed by atoms with van der Waals surface area (Å²) in [5.41, 5.74) is 1.49. The first-order chi connectivity index (χ1) is 10.0. The van der Waals surface area contributed by atoms with Crippen molar-refractivity contribution in [1.82, 2.24) is 5.16 Å². The molecule has 0 spiro atoms.